The third-order valence-corrected chi connectivity index (χ3v) is 3.32. The zero-order chi connectivity index (χ0) is 10.4. The van der Waals surface area contributed by atoms with Crippen molar-refractivity contribution < 1.29 is 4.79 Å². The summed E-state index contributed by atoms with van der Waals surface area (Å²) in [5, 5.41) is 0. The molecular formula is C9H19N3OS. The summed E-state index contributed by atoms with van der Waals surface area (Å²) in [4.78, 5) is 13.5. The van der Waals surface area contributed by atoms with Crippen LogP contribution in [0.5, 0.6) is 0 Å². The Morgan fingerprint density at radius 1 is 1.50 bits per heavy atom. The zero-order valence-electron chi connectivity index (χ0n) is 8.45. The lowest BCUT2D eigenvalue weighted by atomic mass is 10.1. The second-order valence-electron chi connectivity index (χ2n) is 3.53. The highest BCUT2D eigenvalue weighted by Gasteiger charge is 2.23. The van der Waals surface area contributed by atoms with Crippen LogP contribution in [0.2, 0.25) is 0 Å². The second kappa shape index (κ2) is 6.27. The number of rotatable bonds is 5. The molecule has 1 rings (SSSR count). The van der Waals surface area contributed by atoms with E-state index in [4.69, 9.17) is 11.5 Å². The van der Waals surface area contributed by atoms with Gasteiger partial charge in [-0.2, -0.15) is 0 Å². The number of nitrogens with zero attached hydrogens (tertiary/aromatic N) is 1. The van der Waals surface area contributed by atoms with Crippen LogP contribution in [0.1, 0.15) is 19.3 Å². The van der Waals surface area contributed by atoms with Gasteiger partial charge >= 0.3 is 0 Å². The summed E-state index contributed by atoms with van der Waals surface area (Å²) >= 11 is 1.79. The number of thioether (sulfide) groups is 1. The molecule has 1 heterocycles. The van der Waals surface area contributed by atoms with Gasteiger partial charge in [0.1, 0.15) is 0 Å². The first-order valence-electron chi connectivity index (χ1n) is 5.08. The van der Waals surface area contributed by atoms with Crippen molar-refractivity contribution in [3.05, 3.63) is 0 Å². The van der Waals surface area contributed by atoms with Crippen molar-refractivity contribution in [2.24, 2.45) is 11.5 Å². The maximum absolute atomic E-state index is 11.7. The van der Waals surface area contributed by atoms with E-state index in [1.54, 1.807) is 11.8 Å². The summed E-state index contributed by atoms with van der Waals surface area (Å²) in [6.07, 6.45) is 2.66. The molecule has 82 valence electrons. The van der Waals surface area contributed by atoms with Gasteiger partial charge in [-0.25, -0.2) is 0 Å². The van der Waals surface area contributed by atoms with E-state index >= 15 is 0 Å². The fourth-order valence-corrected chi connectivity index (χ4v) is 2.41. The van der Waals surface area contributed by atoms with Crippen LogP contribution >= 0.6 is 11.8 Å². The molecule has 0 spiro atoms. The van der Waals surface area contributed by atoms with Crippen molar-refractivity contribution in [2.45, 2.75) is 25.3 Å². The smallest absolute Gasteiger partial charge is 0.240 e. The zero-order valence-corrected chi connectivity index (χ0v) is 9.26. The summed E-state index contributed by atoms with van der Waals surface area (Å²) in [6, 6.07) is -0.319. The molecule has 0 bridgehead atoms. The Morgan fingerprint density at radius 3 is 2.86 bits per heavy atom. The Balaban J connectivity index is 2.21. The van der Waals surface area contributed by atoms with Crippen LogP contribution < -0.4 is 11.5 Å². The first-order chi connectivity index (χ1) is 6.75. The minimum atomic E-state index is -0.319. The van der Waals surface area contributed by atoms with Crippen LogP contribution in [-0.4, -0.2) is 41.6 Å². The lowest BCUT2D eigenvalue weighted by Gasteiger charge is -2.19. The predicted molar refractivity (Wildman–Crippen MR) is 59.9 cm³/mol. The molecule has 0 saturated carbocycles. The van der Waals surface area contributed by atoms with Crippen LogP contribution in [0.15, 0.2) is 0 Å². The molecule has 0 radical (unpaired) electrons. The lowest BCUT2D eigenvalue weighted by molar-refractivity contribution is -0.131. The topological polar surface area (TPSA) is 72.3 Å². The first kappa shape index (κ1) is 11.8. The minimum absolute atomic E-state index is 0.104. The van der Waals surface area contributed by atoms with Crippen LogP contribution in [-0.2, 0) is 4.79 Å². The molecule has 1 unspecified atom stereocenters. The van der Waals surface area contributed by atoms with E-state index in [1.165, 1.54) is 0 Å². The lowest BCUT2D eigenvalue weighted by Crippen LogP contribution is -2.42. The van der Waals surface area contributed by atoms with Gasteiger partial charge < -0.3 is 16.4 Å². The van der Waals surface area contributed by atoms with E-state index in [-0.39, 0.29) is 11.9 Å². The molecule has 1 atom stereocenters. The number of carbonyl (C=O) groups is 1. The van der Waals surface area contributed by atoms with E-state index in [1.807, 2.05) is 4.90 Å². The largest absolute Gasteiger partial charge is 0.331 e. The van der Waals surface area contributed by atoms with Crippen LogP contribution in [0.4, 0.5) is 0 Å². The molecule has 14 heavy (non-hydrogen) atoms. The van der Waals surface area contributed by atoms with Gasteiger partial charge in [-0.15, -0.1) is 11.8 Å². The molecule has 1 fully saturated rings. The number of hydrogen-bond donors (Lipinski definition) is 2. The summed E-state index contributed by atoms with van der Waals surface area (Å²) in [5.41, 5.74) is 11.2. The maximum atomic E-state index is 11.7. The molecule has 0 aliphatic carbocycles. The van der Waals surface area contributed by atoms with Crippen LogP contribution in [0.25, 0.3) is 0 Å². The molecule has 1 saturated heterocycles. The first-order valence-corrected chi connectivity index (χ1v) is 6.23. The van der Waals surface area contributed by atoms with Gasteiger partial charge in [0.05, 0.1) is 11.9 Å². The monoisotopic (exact) mass is 217 g/mol. The van der Waals surface area contributed by atoms with Crippen molar-refractivity contribution in [1.82, 2.24) is 4.90 Å². The molecule has 5 heteroatoms. The fraction of sp³-hybridized carbons (Fsp3) is 0.889. The van der Waals surface area contributed by atoms with E-state index in [0.717, 1.165) is 37.4 Å². The maximum Gasteiger partial charge on any atom is 0.240 e. The highest BCUT2D eigenvalue weighted by atomic mass is 32.2. The number of unbranched alkanes of at least 4 members (excludes halogenated alkanes) is 1. The Labute approximate surface area is 89.4 Å². The highest BCUT2D eigenvalue weighted by Crippen LogP contribution is 2.14. The minimum Gasteiger partial charge on any atom is -0.331 e. The third kappa shape index (κ3) is 3.48. The van der Waals surface area contributed by atoms with Gasteiger partial charge in [-0.1, -0.05) is 6.42 Å². The molecule has 4 nitrogen and oxygen atoms in total. The van der Waals surface area contributed by atoms with Crippen molar-refractivity contribution in [2.75, 3.05) is 24.7 Å². The van der Waals surface area contributed by atoms with Gasteiger partial charge in [-0.3, -0.25) is 4.79 Å². The summed E-state index contributed by atoms with van der Waals surface area (Å²) < 4.78 is 0. The van der Waals surface area contributed by atoms with E-state index in [9.17, 15) is 4.79 Å². The average molecular weight is 217 g/mol. The molecule has 1 aliphatic heterocycles. The number of carbonyl (C=O) groups excluding carboxylic acids is 1. The Morgan fingerprint density at radius 2 is 2.29 bits per heavy atom. The van der Waals surface area contributed by atoms with Crippen molar-refractivity contribution in [3.63, 3.8) is 0 Å². The number of amides is 1. The van der Waals surface area contributed by atoms with Gasteiger partial charge in [0, 0.05) is 12.3 Å². The average Bonchev–Trinajstić information content (AvgIpc) is 2.69. The van der Waals surface area contributed by atoms with E-state index in [2.05, 4.69) is 0 Å². The standard InChI is InChI=1S/C9H19N3OS/c10-4-2-1-3-8(11)9(13)12-5-6-14-7-12/h8H,1-7,10-11H2. The predicted octanol–water partition coefficient (Wildman–Crippen LogP) is -0.0244. The second-order valence-corrected chi connectivity index (χ2v) is 4.60. The van der Waals surface area contributed by atoms with Crippen LogP contribution in [0.3, 0.4) is 0 Å². The Hall–Kier alpha value is -0.260. The van der Waals surface area contributed by atoms with E-state index < -0.39 is 0 Å². The molecule has 0 aromatic carbocycles. The normalized spacial score (nSPS) is 18.6. The number of hydrogen-bond acceptors (Lipinski definition) is 4. The van der Waals surface area contributed by atoms with Crippen molar-refractivity contribution in [1.29, 1.82) is 0 Å². The summed E-state index contributed by atoms with van der Waals surface area (Å²) in [5.74, 6) is 1.96. The molecule has 0 aromatic heterocycles. The van der Waals surface area contributed by atoms with Gasteiger partial charge in [-0.05, 0) is 19.4 Å². The van der Waals surface area contributed by atoms with Crippen molar-refractivity contribution in [3.8, 4) is 0 Å². The molecule has 1 amide bonds. The summed E-state index contributed by atoms with van der Waals surface area (Å²) in [6.45, 7) is 1.54. The number of nitrogens with two attached hydrogens (primary N) is 2. The van der Waals surface area contributed by atoms with Crippen LogP contribution in [0, 0.1) is 0 Å². The SMILES string of the molecule is NCCCCC(N)C(=O)N1CCSC1. The quantitative estimate of drug-likeness (QED) is 0.635. The van der Waals surface area contributed by atoms with Gasteiger partial charge in [0.2, 0.25) is 5.91 Å². The molecular weight excluding hydrogens is 198 g/mol. The highest BCUT2D eigenvalue weighted by molar-refractivity contribution is 7.99. The molecule has 4 N–H and O–H groups in total. The Bertz CT molecular complexity index is 183. The van der Waals surface area contributed by atoms with Gasteiger partial charge in [0.25, 0.3) is 0 Å². The summed E-state index contributed by atoms with van der Waals surface area (Å²) in [7, 11) is 0. The Kier molecular flexibility index (Phi) is 5.29. The molecule has 1 aliphatic rings. The molecule has 0 aromatic rings. The van der Waals surface area contributed by atoms with Gasteiger partial charge in [0.15, 0.2) is 0 Å². The van der Waals surface area contributed by atoms with Crippen molar-refractivity contribution >= 4 is 17.7 Å². The fourth-order valence-electron chi connectivity index (χ4n) is 1.45. The third-order valence-electron chi connectivity index (χ3n) is 2.35. The van der Waals surface area contributed by atoms with E-state index in [0.29, 0.717) is 6.54 Å².